The molecule has 1 aliphatic heterocycles. The predicted octanol–water partition coefficient (Wildman–Crippen LogP) is 1.68. The molecule has 4 aromatic rings. The maximum absolute atomic E-state index is 12.7. The van der Waals surface area contributed by atoms with Crippen molar-refractivity contribution in [3.8, 4) is 5.75 Å². The molecular formula is C24H29BrN8O3. The molecule has 0 amide bonds. The van der Waals surface area contributed by atoms with Gasteiger partial charge in [-0.25, -0.2) is 4.79 Å². The molecule has 0 bridgehead atoms. The Kier molecular flexibility index (Phi) is 6.71. The van der Waals surface area contributed by atoms with Crippen LogP contribution in [0.4, 0.5) is 11.5 Å². The summed E-state index contributed by atoms with van der Waals surface area (Å²) in [6.07, 6.45) is 2.72. The number of benzene rings is 1. The summed E-state index contributed by atoms with van der Waals surface area (Å²) in [6, 6.07) is 8.16. The van der Waals surface area contributed by atoms with Crippen LogP contribution in [0, 0.1) is 0 Å². The van der Waals surface area contributed by atoms with E-state index in [4.69, 9.17) is 4.74 Å². The molecule has 1 saturated heterocycles. The van der Waals surface area contributed by atoms with Gasteiger partial charge in [-0.15, -0.1) is 0 Å². The van der Waals surface area contributed by atoms with Crippen LogP contribution in [0.25, 0.3) is 16.9 Å². The van der Waals surface area contributed by atoms with E-state index in [1.165, 1.54) is 11.6 Å². The van der Waals surface area contributed by atoms with Crippen LogP contribution < -0.4 is 26.2 Å². The fourth-order valence-electron chi connectivity index (χ4n) is 4.67. The Morgan fingerprint density at radius 2 is 1.81 bits per heavy atom. The number of aryl methyl sites for hydroxylation is 1. The molecule has 1 aromatic carbocycles. The molecule has 0 radical (unpaired) electrons. The lowest BCUT2D eigenvalue weighted by atomic mass is 10.2. The Morgan fingerprint density at radius 3 is 2.56 bits per heavy atom. The number of nitrogens with one attached hydrogen (secondary N) is 1. The monoisotopic (exact) mass is 556 g/mol. The fourth-order valence-corrected chi connectivity index (χ4v) is 5.10. The first-order chi connectivity index (χ1) is 17.4. The Labute approximate surface area is 216 Å². The largest absolute Gasteiger partial charge is 0.495 e. The summed E-state index contributed by atoms with van der Waals surface area (Å²) in [7, 11) is 4.77. The fraction of sp³-hybridized carbons (Fsp3) is 0.417. The smallest absolute Gasteiger partial charge is 0.332 e. The van der Waals surface area contributed by atoms with Crippen molar-refractivity contribution in [1.29, 1.82) is 0 Å². The van der Waals surface area contributed by atoms with Gasteiger partial charge in [0.05, 0.1) is 17.3 Å². The van der Waals surface area contributed by atoms with Gasteiger partial charge < -0.3 is 15.0 Å². The van der Waals surface area contributed by atoms with Gasteiger partial charge in [0, 0.05) is 53.0 Å². The normalized spacial score (nSPS) is 14.6. The SMILES string of the molecule is COc1ccccc1N1CCN(CCCNc2nc3nc4c(c(=O)n(C)c(=O)n4C)n3cc2Br)CC1. The van der Waals surface area contributed by atoms with Crippen LogP contribution in [0.3, 0.4) is 0 Å². The first kappa shape index (κ1) is 24.3. The first-order valence-corrected chi connectivity index (χ1v) is 12.7. The molecule has 190 valence electrons. The Morgan fingerprint density at radius 1 is 1.06 bits per heavy atom. The van der Waals surface area contributed by atoms with Gasteiger partial charge in [-0.05, 0) is 41.0 Å². The second-order valence-corrected chi connectivity index (χ2v) is 9.73. The molecule has 0 spiro atoms. The zero-order valence-corrected chi connectivity index (χ0v) is 22.2. The number of imidazole rings is 1. The van der Waals surface area contributed by atoms with Crippen LogP contribution in [-0.4, -0.2) is 74.8 Å². The van der Waals surface area contributed by atoms with E-state index < -0.39 is 11.2 Å². The molecule has 36 heavy (non-hydrogen) atoms. The lowest BCUT2D eigenvalue weighted by molar-refractivity contribution is 0.256. The molecule has 0 atom stereocenters. The van der Waals surface area contributed by atoms with Crippen molar-refractivity contribution >= 4 is 44.4 Å². The maximum atomic E-state index is 12.7. The van der Waals surface area contributed by atoms with Gasteiger partial charge in [-0.2, -0.15) is 9.97 Å². The van der Waals surface area contributed by atoms with E-state index in [2.05, 4.69) is 47.1 Å². The third-order valence-electron chi connectivity index (χ3n) is 6.70. The summed E-state index contributed by atoms with van der Waals surface area (Å²) in [6.45, 7) is 5.66. The van der Waals surface area contributed by atoms with Crippen LogP contribution in [-0.2, 0) is 14.1 Å². The summed E-state index contributed by atoms with van der Waals surface area (Å²) in [5.74, 6) is 1.93. The standard InChI is InChI=1S/C24H29BrN8O3/c1-29-21-19(22(34)30(2)24(29)35)33-15-16(25)20(27-23(33)28-21)26-9-6-10-31-11-13-32(14-12-31)17-7-4-5-8-18(17)36-3/h4-5,7-8,15H,6,9-14H2,1-3H3,(H,26,27,28). The van der Waals surface area contributed by atoms with E-state index in [0.29, 0.717) is 22.8 Å². The minimum absolute atomic E-state index is 0.312. The van der Waals surface area contributed by atoms with Crippen LogP contribution in [0.15, 0.2) is 44.5 Å². The van der Waals surface area contributed by atoms with E-state index >= 15 is 0 Å². The molecule has 1 aliphatic rings. The van der Waals surface area contributed by atoms with Crippen molar-refractivity contribution in [2.45, 2.75) is 6.42 Å². The summed E-state index contributed by atoms with van der Waals surface area (Å²) in [4.78, 5) is 38.8. The molecule has 1 N–H and O–H groups in total. The van der Waals surface area contributed by atoms with Gasteiger partial charge in [-0.3, -0.25) is 23.2 Å². The second kappa shape index (κ2) is 9.94. The summed E-state index contributed by atoms with van der Waals surface area (Å²) < 4.78 is 10.3. The number of ether oxygens (including phenoxy) is 1. The van der Waals surface area contributed by atoms with Crippen LogP contribution >= 0.6 is 15.9 Å². The van der Waals surface area contributed by atoms with E-state index in [0.717, 1.165) is 66.2 Å². The number of piperazine rings is 1. The number of anilines is 2. The number of hydrogen-bond acceptors (Lipinski definition) is 8. The highest BCUT2D eigenvalue weighted by Crippen LogP contribution is 2.28. The number of para-hydroxylation sites is 2. The summed E-state index contributed by atoms with van der Waals surface area (Å²) >= 11 is 3.56. The number of aromatic nitrogens is 5. The van der Waals surface area contributed by atoms with Crippen LogP contribution in [0.2, 0.25) is 0 Å². The van der Waals surface area contributed by atoms with Crippen molar-refractivity contribution < 1.29 is 4.74 Å². The number of methoxy groups -OCH3 is 1. The minimum Gasteiger partial charge on any atom is -0.495 e. The summed E-state index contributed by atoms with van der Waals surface area (Å²) in [5.41, 5.74) is 0.962. The highest BCUT2D eigenvalue weighted by atomic mass is 79.9. The molecule has 1 fully saturated rings. The molecular weight excluding hydrogens is 528 g/mol. The highest BCUT2D eigenvalue weighted by molar-refractivity contribution is 9.10. The molecule has 3 aromatic heterocycles. The lowest BCUT2D eigenvalue weighted by Gasteiger charge is -2.36. The lowest BCUT2D eigenvalue weighted by Crippen LogP contribution is -2.46. The number of fused-ring (bicyclic) bond motifs is 3. The van der Waals surface area contributed by atoms with E-state index in [1.807, 2.05) is 18.2 Å². The molecule has 11 nitrogen and oxygen atoms in total. The Bertz CT molecular complexity index is 1530. The average molecular weight is 557 g/mol. The third-order valence-corrected chi connectivity index (χ3v) is 7.28. The third kappa shape index (κ3) is 4.35. The quantitative estimate of drug-likeness (QED) is 0.343. The number of nitrogens with zero attached hydrogens (tertiary/aromatic N) is 7. The van der Waals surface area contributed by atoms with Crippen molar-refractivity contribution in [3.63, 3.8) is 0 Å². The van der Waals surface area contributed by atoms with Gasteiger partial charge in [0.15, 0.2) is 11.2 Å². The van der Waals surface area contributed by atoms with Crippen molar-refractivity contribution in [2.24, 2.45) is 14.1 Å². The van der Waals surface area contributed by atoms with Gasteiger partial charge in [0.1, 0.15) is 11.6 Å². The van der Waals surface area contributed by atoms with Crippen LogP contribution in [0.1, 0.15) is 6.42 Å². The van der Waals surface area contributed by atoms with Crippen molar-refractivity contribution in [3.05, 3.63) is 55.8 Å². The van der Waals surface area contributed by atoms with Gasteiger partial charge in [0.2, 0.25) is 5.78 Å². The van der Waals surface area contributed by atoms with Gasteiger partial charge >= 0.3 is 5.69 Å². The first-order valence-electron chi connectivity index (χ1n) is 11.9. The zero-order valence-electron chi connectivity index (χ0n) is 20.6. The van der Waals surface area contributed by atoms with E-state index in [-0.39, 0.29) is 0 Å². The topological polar surface area (TPSA) is 102 Å². The molecule has 0 unspecified atom stereocenters. The van der Waals surface area contributed by atoms with Gasteiger partial charge in [-0.1, -0.05) is 12.1 Å². The molecule has 0 saturated carbocycles. The molecule has 0 aliphatic carbocycles. The Hall–Kier alpha value is -3.38. The predicted molar refractivity (Wildman–Crippen MR) is 143 cm³/mol. The van der Waals surface area contributed by atoms with Gasteiger partial charge in [0.25, 0.3) is 5.56 Å². The van der Waals surface area contributed by atoms with E-state index in [1.54, 1.807) is 24.8 Å². The van der Waals surface area contributed by atoms with Crippen LogP contribution in [0.5, 0.6) is 5.75 Å². The van der Waals surface area contributed by atoms with Crippen molar-refractivity contribution in [2.75, 3.05) is 56.6 Å². The molecule has 5 rings (SSSR count). The van der Waals surface area contributed by atoms with E-state index in [9.17, 15) is 9.59 Å². The number of rotatable bonds is 7. The number of hydrogen-bond donors (Lipinski definition) is 1. The highest BCUT2D eigenvalue weighted by Gasteiger charge is 2.20. The molecule has 4 heterocycles. The maximum Gasteiger partial charge on any atom is 0.332 e. The number of halogens is 1. The second-order valence-electron chi connectivity index (χ2n) is 8.88. The van der Waals surface area contributed by atoms with Crippen molar-refractivity contribution in [1.82, 2.24) is 28.4 Å². The minimum atomic E-state index is -0.419. The molecule has 12 heteroatoms. The zero-order chi connectivity index (χ0) is 25.4. The summed E-state index contributed by atoms with van der Waals surface area (Å²) in [5, 5.41) is 3.37. The Balaban J connectivity index is 1.20. The average Bonchev–Trinajstić information content (AvgIpc) is 3.27.